The van der Waals surface area contributed by atoms with Gasteiger partial charge in [0, 0.05) is 31.0 Å². The van der Waals surface area contributed by atoms with Crippen molar-refractivity contribution in [1.29, 1.82) is 0 Å². The number of Topliss-reactive ketones (excluding diaryl/α,β-unsaturated/α-hetero) is 1. The molecule has 2 aliphatic rings. The van der Waals surface area contributed by atoms with Crippen molar-refractivity contribution in [3.63, 3.8) is 0 Å². The topological polar surface area (TPSA) is 86.6 Å². The van der Waals surface area contributed by atoms with E-state index < -0.39 is 23.2 Å². The zero-order chi connectivity index (χ0) is 18.2. The van der Waals surface area contributed by atoms with Crippen molar-refractivity contribution < 1.29 is 23.9 Å². The molecule has 0 bridgehead atoms. The van der Waals surface area contributed by atoms with Gasteiger partial charge in [0.1, 0.15) is 5.69 Å². The van der Waals surface area contributed by atoms with E-state index in [0.29, 0.717) is 44.7 Å². The van der Waals surface area contributed by atoms with Crippen LogP contribution in [0.1, 0.15) is 52.7 Å². The smallest absolute Gasteiger partial charge is 0.341 e. The van der Waals surface area contributed by atoms with Crippen LogP contribution in [0.15, 0.2) is 0 Å². The summed E-state index contributed by atoms with van der Waals surface area (Å²) in [4.78, 5) is 37.3. The number of ketones is 1. The molecule has 1 aromatic rings. The number of hydrogen-bond donors (Lipinski definition) is 1. The van der Waals surface area contributed by atoms with E-state index in [-0.39, 0.29) is 16.3 Å². The van der Waals surface area contributed by atoms with Crippen molar-refractivity contribution in [2.45, 2.75) is 44.7 Å². The number of carbonyl (C=O) groups is 3. The standard InChI is InChI=1S/C17H21ClN2O5/c1-17(5-8-25-9-6-17)19-15(22)14(21)13-12(18)11(16(23)24-2)10-4-3-7-20(10)13/h3-9H2,1-2H3,(H,19,22). The molecule has 3 rings (SSSR count). The largest absolute Gasteiger partial charge is 0.465 e. The lowest BCUT2D eigenvalue weighted by atomic mass is 9.92. The summed E-state index contributed by atoms with van der Waals surface area (Å²) in [5, 5.41) is 2.81. The number of nitrogens with one attached hydrogen (secondary N) is 1. The lowest BCUT2D eigenvalue weighted by Crippen LogP contribution is -2.51. The third-order valence-corrected chi connectivity index (χ3v) is 5.30. The number of carbonyl (C=O) groups excluding carboxylic acids is 3. The van der Waals surface area contributed by atoms with Gasteiger partial charge in [-0.1, -0.05) is 11.6 Å². The zero-order valence-corrected chi connectivity index (χ0v) is 15.1. The first-order chi connectivity index (χ1) is 11.9. The maximum atomic E-state index is 12.8. The molecule has 1 fully saturated rings. The summed E-state index contributed by atoms with van der Waals surface area (Å²) in [5.41, 5.74) is 0.436. The number of esters is 1. The summed E-state index contributed by atoms with van der Waals surface area (Å²) >= 11 is 6.29. The number of amides is 1. The van der Waals surface area contributed by atoms with E-state index in [1.54, 1.807) is 4.57 Å². The van der Waals surface area contributed by atoms with Crippen LogP contribution in [-0.4, -0.2) is 48.1 Å². The fraction of sp³-hybridized carbons (Fsp3) is 0.588. The monoisotopic (exact) mass is 368 g/mol. The minimum absolute atomic E-state index is 0.00108. The number of hydrogen-bond acceptors (Lipinski definition) is 5. The third-order valence-electron chi connectivity index (χ3n) is 4.93. The van der Waals surface area contributed by atoms with Crippen LogP contribution in [0.2, 0.25) is 5.02 Å². The van der Waals surface area contributed by atoms with E-state index in [1.807, 2.05) is 6.92 Å². The molecule has 0 saturated carbocycles. The maximum Gasteiger partial charge on any atom is 0.341 e. The highest BCUT2D eigenvalue weighted by Crippen LogP contribution is 2.34. The Bertz CT molecular complexity index is 734. The van der Waals surface area contributed by atoms with E-state index in [9.17, 15) is 14.4 Å². The Balaban J connectivity index is 1.90. The normalized spacial score (nSPS) is 18.5. The van der Waals surface area contributed by atoms with Crippen LogP contribution in [0.5, 0.6) is 0 Å². The second-order valence-corrected chi connectivity index (χ2v) is 7.07. The van der Waals surface area contributed by atoms with Gasteiger partial charge in [-0.15, -0.1) is 0 Å². The average Bonchev–Trinajstić information content (AvgIpc) is 3.13. The molecule has 1 saturated heterocycles. The van der Waals surface area contributed by atoms with Crippen molar-refractivity contribution in [2.24, 2.45) is 0 Å². The first kappa shape index (κ1) is 17.9. The SMILES string of the molecule is COC(=O)c1c(Cl)c(C(=O)C(=O)NC2(C)CCOCC2)n2c1CCC2. The number of fused-ring (bicyclic) bond motifs is 1. The van der Waals surface area contributed by atoms with Gasteiger partial charge in [-0.25, -0.2) is 4.79 Å². The first-order valence-corrected chi connectivity index (χ1v) is 8.69. The minimum atomic E-state index is -0.726. The van der Waals surface area contributed by atoms with Crippen LogP contribution in [0.4, 0.5) is 0 Å². The Morgan fingerprint density at radius 1 is 1.28 bits per heavy atom. The molecule has 3 heterocycles. The van der Waals surface area contributed by atoms with Crippen LogP contribution >= 0.6 is 11.6 Å². The molecule has 0 aromatic carbocycles. The van der Waals surface area contributed by atoms with Crippen molar-refractivity contribution in [3.05, 3.63) is 22.0 Å². The number of ether oxygens (including phenoxy) is 2. The maximum absolute atomic E-state index is 12.8. The highest BCUT2D eigenvalue weighted by atomic mass is 35.5. The average molecular weight is 369 g/mol. The molecular formula is C17H21ClN2O5. The number of methoxy groups -OCH3 is 1. The Labute approximate surface area is 150 Å². The first-order valence-electron chi connectivity index (χ1n) is 8.32. The molecule has 0 radical (unpaired) electrons. The fourth-order valence-corrected chi connectivity index (χ4v) is 3.84. The molecule has 7 nitrogen and oxygen atoms in total. The molecule has 8 heteroatoms. The van der Waals surface area contributed by atoms with E-state index in [2.05, 4.69) is 5.32 Å². The van der Waals surface area contributed by atoms with Crippen LogP contribution in [0.3, 0.4) is 0 Å². The Morgan fingerprint density at radius 3 is 2.60 bits per heavy atom. The summed E-state index contributed by atoms with van der Waals surface area (Å²) in [7, 11) is 1.26. The summed E-state index contributed by atoms with van der Waals surface area (Å²) in [6, 6.07) is 0. The molecule has 0 spiro atoms. The van der Waals surface area contributed by atoms with Crippen molar-refractivity contribution in [2.75, 3.05) is 20.3 Å². The zero-order valence-electron chi connectivity index (χ0n) is 14.3. The van der Waals surface area contributed by atoms with Gasteiger partial charge in [-0.2, -0.15) is 0 Å². The van der Waals surface area contributed by atoms with Crippen molar-refractivity contribution in [3.8, 4) is 0 Å². The molecule has 25 heavy (non-hydrogen) atoms. The molecule has 0 aliphatic carbocycles. The summed E-state index contributed by atoms with van der Waals surface area (Å²) in [6.45, 7) is 3.52. The fourth-order valence-electron chi connectivity index (χ4n) is 3.46. The quantitative estimate of drug-likeness (QED) is 0.497. The Morgan fingerprint density at radius 2 is 1.96 bits per heavy atom. The highest BCUT2D eigenvalue weighted by molar-refractivity contribution is 6.47. The van der Waals surface area contributed by atoms with Gasteiger partial charge in [0.05, 0.1) is 17.7 Å². The lowest BCUT2D eigenvalue weighted by molar-refractivity contribution is -0.119. The van der Waals surface area contributed by atoms with Crippen LogP contribution in [-0.2, 0) is 27.2 Å². The molecule has 136 valence electrons. The second-order valence-electron chi connectivity index (χ2n) is 6.69. The molecule has 0 unspecified atom stereocenters. The number of aromatic nitrogens is 1. The second kappa shape index (κ2) is 6.80. The van der Waals surface area contributed by atoms with E-state index in [4.69, 9.17) is 21.1 Å². The summed E-state index contributed by atoms with van der Waals surface area (Å²) in [5.74, 6) is -2.03. The molecule has 1 aromatic heterocycles. The van der Waals surface area contributed by atoms with Gasteiger partial charge in [-0.05, 0) is 32.6 Å². The Hall–Kier alpha value is -1.86. The van der Waals surface area contributed by atoms with Gasteiger partial charge in [0.25, 0.3) is 11.7 Å². The van der Waals surface area contributed by atoms with E-state index >= 15 is 0 Å². The summed E-state index contributed by atoms with van der Waals surface area (Å²) < 4.78 is 11.7. The van der Waals surface area contributed by atoms with Gasteiger partial charge in [0.2, 0.25) is 0 Å². The van der Waals surface area contributed by atoms with Gasteiger partial charge in [-0.3, -0.25) is 9.59 Å². The number of rotatable bonds is 4. The highest BCUT2D eigenvalue weighted by Gasteiger charge is 2.37. The summed E-state index contributed by atoms with van der Waals surface area (Å²) in [6.07, 6.45) is 2.68. The molecule has 0 atom stereocenters. The Kier molecular flexibility index (Phi) is 4.88. The predicted molar refractivity (Wildman–Crippen MR) is 90.0 cm³/mol. The number of nitrogens with zero attached hydrogens (tertiary/aromatic N) is 1. The lowest BCUT2D eigenvalue weighted by Gasteiger charge is -2.34. The van der Waals surface area contributed by atoms with Crippen LogP contribution in [0.25, 0.3) is 0 Å². The molecule has 1 amide bonds. The van der Waals surface area contributed by atoms with E-state index in [1.165, 1.54) is 7.11 Å². The third kappa shape index (κ3) is 3.18. The number of halogens is 1. The minimum Gasteiger partial charge on any atom is -0.465 e. The molecular weight excluding hydrogens is 348 g/mol. The van der Waals surface area contributed by atoms with Crippen molar-refractivity contribution >= 4 is 29.3 Å². The molecule has 2 aliphatic heterocycles. The van der Waals surface area contributed by atoms with Gasteiger partial charge in [0.15, 0.2) is 0 Å². The van der Waals surface area contributed by atoms with Gasteiger partial charge < -0.3 is 19.4 Å². The van der Waals surface area contributed by atoms with Crippen molar-refractivity contribution in [1.82, 2.24) is 9.88 Å². The molecule has 1 N–H and O–H groups in total. The van der Waals surface area contributed by atoms with Gasteiger partial charge >= 0.3 is 5.97 Å². The van der Waals surface area contributed by atoms with E-state index in [0.717, 1.165) is 6.42 Å². The van der Waals surface area contributed by atoms with Crippen LogP contribution in [0, 0.1) is 0 Å². The van der Waals surface area contributed by atoms with Crippen LogP contribution < -0.4 is 5.32 Å². The predicted octanol–water partition coefficient (Wildman–Crippen LogP) is 1.74.